The first-order chi connectivity index (χ1) is 8.33. The molecule has 0 bridgehead atoms. The highest BCUT2D eigenvalue weighted by Gasteiger charge is 2.28. The number of nitrogens with one attached hydrogen (secondary N) is 1. The summed E-state index contributed by atoms with van der Waals surface area (Å²) in [7, 11) is 0. The average Bonchev–Trinajstić information content (AvgIpc) is 2.38. The molecule has 3 rings (SSSR count). The number of piperazine rings is 2. The monoisotopic (exact) mass is 295 g/mol. The van der Waals surface area contributed by atoms with Crippen LogP contribution in [0.15, 0.2) is 28.7 Å². The van der Waals surface area contributed by atoms with E-state index in [4.69, 9.17) is 0 Å². The molecular weight excluding hydrogens is 278 g/mol. The summed E-state index contributed by atoms with van der Waals surface area (Å²) >= 11 is 3.55. The first-order valence-corrected chi connectivity index (χ1v) is 7.07. The van der Waals surface area contributed by atoms with Crippen LogP contribution in [0, 0.1) is 0 Å². The molecule has 0 amide bonds. The standard InChI is InChI=1S/C13H18BrN3/c14-11-2-1-3-12(8-11)17-7-6-16-5-4-15-9-13(16)10-17/h1-3,8,13,15H,4-7,9-10H2. The minimum Gasteiger partial charge on any atom is -0.369 e. The van der Waals surface area contributed by atoms with Crippen molar-refractivity contribution in [2.75, 3.05) is 44.2 Å². The van der Waals surface area contributed by atoms with Gasteiger partial charge in [-0.3, -0.25) is 4.90 Å². The van der Waals surface area contributed by atoms with Crippen LogP contribution in [-0.4, -0.2) is 50.2 Å². The number of nitrogens with zero attached hydrogens (tertiary/aromatic N) is 2. The molecule has 0 saturated carbocycles. The Bertz CT molecular complexity index is 396. The second kappa shape index (κ2) is 4.96. The summed E-state index contributed by atoms with van der Waals surface area (Å²) in [6, 6.07) is 9.30. The number of fused-ring (bicyclic) bond motifs is 1. The Morgan fingerprint density at radius 3 is 3.06 bits per heavy atom. The highest BCUT2D eigenvalue weighted by Crippen LogP contribution is 2.23. The van der Waals surface area contributed by atoms with E-state index in [1.807, 2.05) is 0 Å². The van der Waals surface area contributed by atoms with Crippen molar-refractivity contribution in [3.63, 3.8) is 0 Å². The van der Waals surface area contributed by atoms with Crippen LogP contribution < -0.4 is 10.2 Å². The molecule has 2 fully saturated rings. The van der Waals surface area contributed by atoms with Gasteiger partial charge in [-0.25, -0.2) is 0 Å². The number of benzene rings is 1. The smallest absolute Gasteiger partial charge is 0.0397 e. The van der Waals surface area contributed by atoms with Crippen molar-refractivity contribution in [2.24, 2.45) is 0 Å². The Morgan fingerprint density at radius 1 is 1.24 bits per heavy atom. The predicted molar refractivity (Wildman–Crippen MR) is 74.6 cm³/mol. The van der Waals surface area contributed by atoms with Crippen LogP contribution in [0.2, 0.25) is 0 Å². The van der Waals surface area contributed by atoms with Gasteiger partial charge in [0.2, 0.25) is 0 Å². The van der Waals surface area contributed by atoms with E-state index in [9.17, 15) is 0 Å². The third-order valence-corrected chi connectivity index (χ3v) is 4.23. The van der Waals surface area contributed by atoms with Gasteiger partial charge in [0.25, 0.3) is 0 Å². The number of hydrogen-bond donors (Lipinski definition) is 1. The van der Waals surface area contributed by atoms with E-state index in [-0.39, 0.29) is 0 Å². The molecular formula is C13H18BrN3. The zero-order valence-electron chi connectivity index (χ0n) is 9.90. The third-order valence-electron chi connectivity index (χ3n) is 3.73. The summed E-state index contributed by atoms with van der Waals surface area (Å²) in [4.78, 5) is 5.11. The highest BCUT2D eigenvalue weighted by molar-refractivity contribution is 9.10. The fourth-order valence-electron chi connectivity index (χ4n) is 2.78. The Morgan fingerprint density at radius 2 is 2.18 bits per heavy atom. The van der Waals surface area contributed by atoms with E-state index in [1.165, 1.54) is 23.2 Å². The maximum atomic E-state index is 3.55. The lowest BCUT2D eigenvalue weighted by Crippen LogP contribution is -2.61. The van der Waals surface area contributed by atoms with E-state index in [2.05, 4.69) is 55.3 Å². The number of halogens is 1. The van der Waals surface area contributed by atoms with Gasteiger partial charge < -0.3 is 10.2 Å². The minimum absolute atomic E-state index is 0.677. The Labute approximate surface area is 111 Å². The molecule has 17 heavy (non-hydrogen) atoms. The van der Waals surface area contributed by atoms with Gasteiger partial charge in [-0.1, -0.05) is 22.0 Å². The van der Waals surface area contributed by atoms with Crippen molar-refractivity contribution in [3.05, 3.63) is 28.7 Å². The molecule has 92 valence electrons. The zero-order valence-corrected chi connectivity index (χ0v) is 11.5. The van der Waals surface area contributed by atoms with Crippen molar-refractivity contribution in [1.82, 2.24) is 10.2 Å². The third kappa shape index (κ3) is 2.49. The summed E-state index contributed by atoms with van der Waals surface area (Å²) in [5.41, 5.74) is 1.34. The summed E-state index contributed by atoms with van der Waals surface area (Å²) in [5.74, 6) is 0. The van der Waals surface area contributed by atoms with E-state index in [0.29, 0.717) is 6.04 Å². The maximum Gasteiger partial charge on any atom is 0.0397 e. The molecule has 2 aliphatic rings. The Hall–Kier alpha value is -0.580. The van der Waals surface area contributed by atoms with Gasteiger partial charge in [-0.2, -0.15) is 0 Å². The fraction of sp³-hybridized carbons (Fsp3) is 0.538. The molecule has 0 aromatic heterocycles. The molecule has 0 radical (unpaired) electrons. The molecule has 2 saturated heterocycles. The summed E-state index contributed by atoms with van der Waals surface area (Å²) in [5, 5.41) is 3.49. The van der Waals surface area contributed by atoms with E-state index < -0.39 is 0 Å². The van der Waals surface area contributed by atoms with E-state index in [0.717, 1.165) is 26.2 Å². The average molecular weight is 296 g/mol. The molecule has 1 unspecified atom stereocenters. The first-order valence-electron chi connectivity index (χ1n) is 6.28. The summed E-state index contributed by atoms with van der Waals surface area (Å²) in [6.07, 6.45) is 0. The van der Waals surface area contributed by atoms with Gasteiger partial charge in [-0.15, -0.1) is 0 Å². The van der Waals surface area contributed by atoms with Gasteiger partial charge in [0.15, 0.2) is 0 Å². The number of hydrogen-bond acceptors (Lipinski definition) is 3. The van der Waals surface area contributed by atoms with Crippen LogP contribution in [0.5, 0.6) is 0 Å². The quantitative estimate of drug-likeness (QED) is 0.848. The van der Waals surface area contributed by atoms with Gasteiger partial charge in [0.05, 0.1) is 0 Å². The molecule has 1 aromatic carbocycles. The molecule has 3 nitrogen and oxygen atoms in total. The SMILES string of the molecule is Brc1cccc(N2CCN3CCNCC3C2)c1. The predicted octanol–water partition coefficient (Wildman–Crippen LogP) is 1.54. The summed E-state index contributed by atoms with van der Waals surface area (Å²) < 4.78 is 1.17. The molecule has 2 heterocycles. The van der Waals surface area contributed by atoms with Crippen molar-refractivity contribution < 1.29 is 0 Å². The molecule has 2 aliphatic heterocycles. The van der Waals surface area contributed by atoms with E-state index in [1.54, 1.807) is 0 Å². The number of rotatable bonds is 1. The van der Waals surface area contributed by atoms with Crippen LogP contribution >= 0.6 is 15.9 Å². The highest BCUT2D eigenvalue weighted by atomic mass is 79.9. The molecule has 1 N–H and O–H groups in total. The van der Waals surface area contributed by atoms with Crippen LogP contribution in [0.4, 0.5) is 5.69 Å². The first kappa shape index (κ1) is 11.5. The van der Waals surface area contributed by atoms with Crippen LogP contribution in [0.3, 0.4) is 0 Å². The number of anilines is 1. The van der Waals surface area contributed by atoms with Crippen LogP contribution in [0.1, 0.15) is 0 Å². The fourth-order valence-corrected chi connectivity index (χ4v) is 3.17. The van der Waals surface area contributed by atoms with E-state index >= 15 is 0 Å². The van der Waals surface area contributed by atoms with Gasteiger partial charge in [-0.05, 0) is 18.2 Å². The molecule has 4 heteroatoms. The lowest BCUT2D eigenvalue weighted by Gasteiger charge is -2.45. The van der Waals surface area contributed by atoms with Gasteiger partial charge >= 0.3 is 0 Å². The van der Waals surface area contributed by atoms with Crippen molar-refractivity contribution in [1.29, 1.82) is 0 Å². The second-order valence-electron chi connectivity index (χ2n) is 4.82. The lowest BCUT2D eigenvalue weighted by atomic mass is 10.1. The van der Waals surface area contributed by atoms with Crippen molar-refractivity contribution >= 4 is 21.6 Å². The molecule has 0 aliphatic carbocycles. The van der Waals surface area contributed by atoms with Gasteiger partial charge in [0.1, 0.15) is 0 Å². The summed E-state index contributed by atoms with van der Waals surface area (Å²) in [6.45, 7) is 6.96. The largest absolute Gasteiger partial charge is 0.369 e. The molecule has 1 atom stereocenters. The normalized spacial score (nSPS) is 25.7. The zero-order chi connectivity index (χ0) is 11.7. The topological polar surface area (TPSA) is 18.5 Å². The molecule has 0 spiro atoms. The van der Waals surface area contributed by atoms with Gasteiger partial charge in [0, 0.05) is 55.5 Å². The lowest BCUT2D eigenvalue weighted by molar-refractivity contribution is 0.146. The minimum atomic E-state index is 0.677. The Balaban J connectivity index is 1.73. The maximum absolute atomic E-state index is 3.55. The van der Waals surface area contributed by atoms with Crippen molar-refractivity contribution in [3.8, 4) is 0 Å². The Kier molecular flexibility index (Phi) is 3.36. The van der Waals surface area contributed by atoms with Crippen LogP contribution in [0.25, 0.3) is 0 Å². The molecule has 1 aromatic rings. The van der Waals surface area contributed by atoms with Crippen LogP contribution in [-0.2, 0) is 0 Å². The van der Waals surface area contributed by atoms with Crippen molar-refractivity contribution in [2.45, 2.75) is 6.04 Å². The second-order valence-corrected chi connectivity index (χ2v) is 5.74.